The zero-order valence-electron chi connectivity index (χ0n) is 52.9. The number of anilines is 1. The first-order chi connectivity index (χ1) is 40.8. The summed E-state index contributed by atoms with van der Waals surface area (Å²) < 4.78 is 57.7. The molecule has 5 aliphatic heterocycles. The first-order valence-electron chi connectivity index (χ1n) is 30.4. The number of esters is 1. The molecule has 0 aliphatic carbocycles. The van der Waals surface area contributed by atoms with E-state index >= 15 is 0 Å². The number of carbonyl (C=O) groups excluding carboxylic acids is 3. The van der Waals surface area contributed by atoms with Crippen LogP contribution >= 0.6 is 23.2 Å². The van der Waals surface area contributed by atoms with Crippen molar-refractivity contribution in [2.75, 3.05) is 65.5 Å². The van der Waals surface area contributed by atoms with Crippen LogP contribution in [0, 0.1) is 23.7 Å². The fraction of sp³-hybridized carbons (Fsp3) is 0.714. The summed E-state index contributed by atoms with van der Waals surface area (Å²) >= 11 is 12.7. The average Bonchev–Trinajstić information content (AvgIpc) is 2.41. The van der Waals surface area contributed by atoms with Crippen molar-refractivity contribution in [1.29, 1.82) is 0 Å². The lowest BCUT2D eigenvalue weighted by Gasteiger charge is -2.49. The molecule has 0 spiro atoms. The first kappa shape index (κ1) is 70.4. The fourth-order valence-electron chi connectivity index (χ4n) is 13.0. The lowest BCUT2D eigenvalue weighted by Crippen LogP contribution is -2.61. The molecule has 0 bridgehead atoms. The Hall–Kier alpha value is -4.08. The van der Waals surface area contributed by atoms with Crippen LogP contribution in [0.15, 0.2) is 61.2 Å². The van der Waals surface area contributed by atoms with Gasteiger partial charge in [0.2, 0.25) is 11.7 Å². The van der Waals surface area contributed by atoms with Crippen molar-refractivity contribution in [1.82, 2.24) is 19.4 Å². The van der Waals surface area contributed by atoms with Crippen molar-refractivity contribution in [3.05, 3.63) is 76.8 Å². The summed E-state index contributed by atoms with van der Waals surface area (Å²) in [5, 5.41) is 58.6. The molecule has 0 unspecified atom stereocenters. The van der Waals surface area contributed by atoms with Crippen LogP contribution in [0.5, 0.6) is 5.75 Å². The van der Waals surface area contributed by atoms with Gasteiger partial charge in [0.05, 0.1) is 72.1 Å². The van der Waals surface area contributed by atoms with Gasteiger partial charge in [0, 0.05) is 99.1 Å². The van der Waals surface area contributed by atoms with Gasteiger partial charge in [-0.2, -0.15) is 0 Å². The maximum absolute atomic E-state index is 14.1. The zero-order chi connectivity index (χ0) is 64.1. The Kier molecular flexibility index (Phi) is 23.8. The van der Waals surface area contributed by atoms with Gasteiger partial charge in [0.25, 0.3) is 0 Å². The fourth-order valence-corrected chi connectivity index (χ4v) is 13.6. The van der Waals surface area contributed by atoms with Gasteiger partial charge in [-0.15, -0.1) is 0 Å². The molecule has 24 heteroatoms. The lowest BCUT2D eigenvalue weighted by molar-refractivity contribution is -0.318. The number of ketones is 1. The number of benzene rings is 2. The molecular weight excluding hydrogens is 1170 g/mol. The van der Waals surface area contributed by atoms with E-state index in [-0.39, 0.29) is 43.4 Å². The topological polar surface area (TPSA) is 263 Å². The number of halogens is 2. The molecule has 6 heterocycles. The van der Waals surface area contributed by atoms with Gasteiger partial charge in [-0.25, -0.2) is 4.98 Å². The Labute approximate surface area is 522 Å². The molecule has 1 aromatic heterocycles. The van der Waals surface area contributed by atoms with Crippen LogP contribution in [0.1, 0.15) is 107 Å². The van der Waals surface area contributed by atoms with Crippen LogP contribution in [0.2, 0.25) is 10.0 Å². The average molecular weight is 1270 g/mol. The molecule has 3 aromatic rings. The predicted molar refractivity (Wildman–Crippen MR) is 324 cm³/mol. The summed E-state index contributed by atoms with van der Waals surface area (Å²) in [6.45, 7) is 22.1. The maximum Gasteiger partial charge on any atom is 0.311 e. The number of rotatable bonds is 14. The highest BCUT2D eigenvalue weighted by Gasteiger charge is 2.54. The van der Waals surface area contributed by atoms with Gasteiger partial charge in [-0.3, -0.25) is 14.4 Å². The van der Waals surface area contributed by atoms with Crippen LogP contribution in [0.25, 0.3) is 0 Å². The van der Waals surface area contributed by atoms with Crippen LogP contribution < -0.4 is 9.64 Å². The summed E-state index contributed by atoms with van der Waals surface area (Å²) in [7, 11) is 5.18. The molecule has 8 rings (SSSR count). The number of piperazine rings is 1. The van der Waals surface area contributed by atoms with E-state index in [0.717, 1.165) is 37.6 Å². The Balaban J connectivity index is 0.000000262. The quantitative estimate of drug-likeness (QED) is 0.116. The molecule has 0 radical (unpaired) electrons. The highest BCUT2D eigenvalue weighted by Crippen LogP contribution is 2.43. The summed E-state index contributed by atoms with van der Waals surface area (Å²) in [4.78, 5) is 49.6. The molecule has 87 heavy (non-hydrogen) atoms. The van der Waals surface area contributed by atoms with Crippen molar-refractivity contribution >= 4 is 46.5 Å². The predicted octanol–water partition coefficient (Wildman–Crippen LogP) is 5.99. The molecule has 2 aromatic carbocycles. The highest BCUT2D eigenvalue weighted by molar-refractivity contribution is 6.35. The van der Waals surface area contributed by atoms with Gasteiger partial charge < -0.3 is 87.4 Å². The van der Waals surface area contributed by atoms with E-state index < -0.39 is 113 Å². The number of carbonyl (C=O) groups is 3. The molecule has 488 valence electrons. The molecule has 5 N–H and O–H groups in total. The maximum atomic E-state index is 14.1. The Morgan fingerprint density at radius 3 is 2.16 bits per heavy atom. The second-order valence-corrected chi connectivity index (χ2v) is 26.3. The smallest absolute Gasteiger partial charge is 0.311 e. The minimum absolute atomic E-state index is 0.0936. The molecule has 5 aliphatic rings. The number of hydrogen-bond acceptors (Lipinski definition) is 20. The number of aromatic nitrogens is 2. The summed E-state index contributed by atoms with van der Waals surface area (Å²) in [6.07, 6.45) is -4.73. The second kappa shape index (κ2) is 29.5. The largest absolute Gasteiger partial charge is 0.491 e. The summed E-state index contributed by atoms with van der Waals surface area (Å²) in [6, 6.07) is 13.0. The van der Waals surface area contributed by atoms with Crippen molar-refractivity contribution in [3.63, 3.8) is 0 Å². The number of nitrogens with zero attached hydrogens (tertiary/aromatic N) is 5. The Bertz CT molecular complexity index is 2720. The van der Waals surface area contributed by atoms with E-state index in [4.69, 9.17) is 65.8 Å². The number of imidazole rings is 1. The van der Waals surface area contributed by atoms with Gasteiger partial charge in [0.1, 0.15) is 48.2 Å². The SMILES string of the molecule is CC(=O)N1CCN(c2ccc(OC[C@H]3CO[C@](Cn4ccnc4)(c4ccc(Cl)cc4Cl)O3)cc2)CC1.CC[C@H]1OC(=O)[C@H](C)[C@@H](O[C@H]2C[C@@](C)(OC)[C@@H](O)[C@H](C)O2)[C@H](C)[C@@H](O[C@@H]2O[C@H](C)C[C@H](N(C)C)[C@H]2O)[C@](C)(O)C[C@@H](C)C(=O)[C@H](C)[C@@H](O)[C@]1(C)O. The van der Waals surface area contributed by atoms with Crippen molar-refractivity contribution in [2.45, 2.75) is 205 Å². The van der Waals surface area contributed by atoms with Crippen LogP contribution in [0.3, 0.4) is 0 Å². The van der Waals surface area contributed by atoms with Crippen molar-refractivity contribution in [2.24, 2.45) is 23.7 Å². The number of aliphatic hydroxyl groups excluding tert-OH is 3. The zero-order valence-corrected chi connectivity index (χ0v) is 54.4. The monoisotopic (exact) mass is 1260 g/mol. The number of Topliss-reactive ketones (excluding diaryl/α,β-unsaturated/α-hetero) is 1. The van der Waals surface area contributed by atoms with E-state index in [0.29, 0.717) is 41.8 Å². The summed E-state index contributed by atoms with van der Waals surface area (Å²) in [5.41, 5.74) is -3.02. The van der Waals surface area contributed by atoms with E-state index in [1.54, 1.807) is 73.1 Å². The third kappa shape index (κ3) is 16.5. The number of cyclic esters (lactones) is 1. The van der Waals surface area contributed by atoms with E-state index in [2.05, 4.69) is 9.88 Å². The molecule has 22 nitrogen and oxygen atoms in total. The van der Waals surface area contributed by atoms with E-state index in [1.807, 2.05) is 71.9 Å². The third-order valence-electron chi connectivity index (χ3n) is 18.3. The van der Waals surface area contributed by atoms with Crippen molar-refractivity contribution in [3.8, 4) is 5.75 Å². The minimum atomic E-state index is -1.99. The number of aliphatic hydroxyl groups is 5. The van der Waals surface area contributed by atoms with Crippen LogP contribution in [-0.4, -0.2) is 214 Å². The lowest BCUT2D eigenvalue weighted by atomic mass is 9.74. The number of hydrogen-bond donors (Lipinski definition) is 5. The number of amides is 1. The highest BCUT2D eigenvalue weighted by atomic mass is 35.5. The first-order valence-corrected chi connectivity index (χ1v) is 31.1. The van der Waals surface area contributed by atoms with Crippen molar-refractivity contribution < 1.29 is 82.5 Å². The Morgan fingerprint density at radius 1 is 0.885 bits per heavy atom. The second-order valence-electron chi connectivity index (χ2n) is 25.4. The standard InChI is InChI=1S/C37H67NO13.C26H28Cl2N4O4/c1-14-25-37(10,45)30(41)20(4)27(39)18(2)16-35(8,44)32(51-34-28(40)24(38(11)12)15-19(3)47-34)21(5)29(22(6)33(43)49-25)50-26-17-36(9,46-13)31(42)23(7)48-26;1-19(33)31-10-12-32(13-11-31)21-3-5-22(6-4-21)34-15-23-16-35-26(36-23,17-30-9-8-29-18-30)24-7-2-20(27)14-25(24)28/h18-26,28-32,34,40-42,44-45H,14-17H2,1-13H3;2-9,14,18,23H,10-13,15-17H2,1H3/t18-,19-,20+,21+,22-,23+,24+,25-,26+,28-,29+,30-,31+,32-,34+,35-,36-,37-;23-,26-/m10/s1. The Morgan fingerprint density at radius 2 is 1.56 bits per heavy atom. The van der Waals surface area contributed by atoms with Gasteiger partial charge >= 0.3 is 5.97 Å². The number of methoxy groups -OCH3 is 1. The molecule has 20 atom stereocenters. The van der Waals surface area contributed by atoms with E-state index in [1.165, 1.54) is 27.9 Å². The molecule has 0 saturated carbocycles. The normalized spacial score (nSPS) is 38.3. The minimum Gasteiger partial charge on any atom is -0.491 e. The summed E-state index contributed by atoms with van der Waals surface area (Å²) in [5.74, 6) is -5.18. The van der Waals surface area contributed by atoms with Gasteiger partial charge in [-0.05, 0) is 111 Å². The van der Waals surface area contributed by atoms with Crippen LogP contribution in [-0.2, 0) is 64.6 Å². The van der Waals surface area contributed by atoms with Crippen LogP contribution in [0.4, 0.5) is 5.69 Å². The molecule has 5 saturated heterocycles. The van der Waals surface area contributed by atoms with Gasteiger partial charge in [-0.1, -0.05) is 57.0 Å². The number of likely N-dealkylation sites (N-methyl/N-ethyl adjacent to an activating group) is 1. The van der Waals surface area contributed by atoms with E-state index in [9.17, 15) is 39.9 Å². The molecule has 1 amide bonds. The third-order valence-corrected chi connectivity index (χ3v) is 18.9. The number of ether oxygens (including phenoxy) is 9. The molecule has 5 fully saturated rings. The van der Waals surface area contributed by atoms with Gasteiger partial charge in [0.15, 0.2) is 12.6 Å². The molecular formula is C63H95Cl2N5O17.